The first-order valence-corrected chi connectivity index (χ1v) is 9.18. The van der Waals surface area contributed by atoms with Crippen LogP contribution in [0.5, 0.6) is 0 Å². The normalized spacial score (nSPS) is 11.5. The Bertz CT molecular complexity index is 615. The van der Waals surface area contributed by atoms with Gasteiger partial charge in [-0.2, -0.15) is 4.72 Å². The third-order valence-electron chi connectivity index (χ3n) is 2.33. The number of carbonyl (C=O) groups is 1. The van der Waals surface area contributed by atoms with Crippen molar-refractivity contribution in [3.63, 3.8) is 0 Å². The molecule has 0 aliphatic rings. The van der Waals surface area contributed by atoms with E-state index < -0.39 is 22.5 Å². The van der Waals surface area contributed by atoms with E-state index in [0.29, 0.717) is 11.1 Å². The van der Waals surface area contributed by atoms with E-state index >= 15 is 0 Å². The highest BCUT2D eigenvalue weighted by Gasteiger charge is 2.23. The van der Waals surface area contributed by atoms with Crippen LogP contribution >= 0.6 is 39.1 Å². The summed E-state index contributed by atoms with van der Waals surface area (Å²) in [6, 6.07) is 2.78. The maximum absolute atomic E-state index is 12.1. The number of nitrogens with one attached hydrogen (secondary N) is 1. The molecule has 0 bridgehead atoms. The Kier molecular flexibility index (Phi) is 8.09. The Hall–Kier alpha value is -0.380. The van der Waals surface area contributed by atoms with E-state index in [2.05, 4.69) is 20.7 Å². The predicted octanol–water partition coefficient (Wildman–Crippen LogP) is 2.61. The predicted molar refractivity (Wildman–Crippen MR) is 86.8 cm³/mol. The fourth-order valence-electron chi connectivity index (χ4n) is 1.42. The zero-order valence-corrected chi connectivity index (χ0v) is 15.5. The van der Waals surface area contributed by atoms with Crippen LogP contribution in [0.1, 0.15) is 6.92 Å². The first-order chi connectivity index (χ1) is 10.3. The zero-order chi connectivity index (χ0) is 16.8. The van der Waals surface area contributed by atoms with Crippen molar-refractivity contribution in [3.05, 3.63) is 26.7 Å². The molecule has 1 aromatic carbocycles. The highest BCUT2D eigenvalue weighted by molar-refractivity contribution is 9.10. The summed E-state index contributed by atoms with van der Waals surface area (Å²) < 4.78 is 36.7. The Morgan fingerprint density at radius 3 is 2.41 bits per heavy atom. The minimum atomic E-state index is -4.04. The molecule has 0 aliphatic heterocycles. The van der Waals surface area contributed by atoms with Crippen molar-refractivity contribution in [1.29, 1.82) is 0 Å². The fraction of sp³-hybridized carbons (Fsp3) is 0.417. The number of esters is 1. The Morgan fingerprint density at radius 1 is 1.27 bits per heavy atom. The van der Waals surface area contributed by atoms with Gasteiger partial charge in [-0.3, -0.25) is 4.79 Å². The molecule has 0 aliphatic carbocycles. The lowest BCUT2D eigenvalue weighted by Crippen LogP contribution is -2.31. The van der Waals surface area contributed by atoms with E-state index in [1.165, 1.54) is 12.1 Å². The molecule has 0 heterocycles. The molecular weight excluding hydrogens is 421 g/mol. The van der Waals surface area contributed by atoms with Crippen molar-refractivity contribution < 1.29 is 22.7 Å². The molecule has 1 rings (SSSR count). The number of hydrogen-bond donors (Lipinski definition) is 1. The topological polar surface area (TPSA) is 81.7 Å². The highest BCUT2D eigenvalue weighted by Crippen LogP contribution is 2.32. The second kappa shape index (κ2) is 9.05. The fourth-order valence-corrected chi connectivity index (χ4v) is 4.32. The number of sulfonamides is 1. The largest absolute Gasteiger partial charge is 0.462 e. The van der Waals surface area contributed by atoms with E-state index in [-0.39, 0.29) is 28.2 Å². The summed E-state index contributed by atoms with van der Waals surface area (Å²) in [4.78, 5) is 11.1. The molecule has 0 saturated carbocycles. The van der Waals surface area contributed by atoms with Crippen LogP contribution in [0.2, 0.25) is 10.0 Å². The number of rotatable bonds is 8. The number of carbonyl (C=O) groups excluding carboxylic acids is 1. The average molecular weight is 435 g/mol. The minimum Gasteiger partial charge on any atom is -0.462 e. The SMILES string of the molecule is CCOCCOC(=O)CNS(=O)(=O)c1c(Cl)cc(Br)cc1Cl. The molecule has 0 radical (unpaired) electrons. The minimum absolute atomic E-state index is 0.0498. The standard InChI is InChI=1S/C12H14BrCl2NO5S/c1-2-20-3-4-21-11(17)7-16-22(18,19)12-9(14)5-8(13)6-10(12)15/h5-6,16H,2-4,7H2,1H3. The molecule has 124 valence electrons. The molecule has 22 heavy (non-hydrogen) atoms. The van der Waals surface area contributed by atoms with Gasteiger partial charge in [0.05, 0.1) is 16.7 Å². The molecule has 0 saturated heterocycles. The van der Waals surface area contributed by atoms with Gasteiger partial charge in [0.15, 0.2) is 0 Å². The molecule has 1 N–H and O–H groups in total. The summed E-state index contributed by atoms with van der Waals surface area (Å²) in [6.07, 6.45) is 0. The van der Waals surface area contributed by atoms with Crippen LogP contribution in [0.15, 0.2) is 21.5 Å². The lowest BCUT2D eigenvalue weighted by atomic mass is 10.4. The van der Waals surface area contributed by atoms with Gasteiger partial charge in [-0.05, 0) is 19.1 Å². The van der Waals surface area contributed by atoms with Gasteiger partial charge in [0.2, 0.25) is 10.0 Å². The van der Waals surface area contributed by atoms with Crippen molar-refractivity contribution in [2.45, 2.75) is 11.8 Å². The molecule has 6 nitrogen and oxygen atoms in total. The van der Waals surface area contributed by atoms with E-state index in [1.807, 2.05) is 6.92 Å². The molecule has 0 aromatic heterocycles. The van der Waals surface area contributed by atoms with Gasteiger partial charge < -0.3 is 9.47 Å². The van der Waals surface area contributed by atoms with E-state index in [0.717, 1.165) is 0 Å². The summed E-state index contributed by atoms with van der Waals surface area (Å²) in [7, 11) is -4.04. The number of halogens is 3. The van der Waals surface area contributed by atoms with Gasteiger partial charge in [-0.25, -0.2) is 8.42 Å². The smallest absolute Gasteiger partial charge is 0.321 e. The Morgan fingerprint density at radius 2 is 1.86 bits per heavy atom. The van der Waals surface area contributed by atoms with Gasteiger partial charge in [0.25, 0.3) is 0 Å². The van der Waals surface area contributed by atoms with Gasteiger partial charge in [0.1, 0.15) is 18.0 Å². The number of ether oxygens (including phenoxy) is 2. The lowest BCUT2D eigenvalue weighted by Gasteiger charge is -2.10. The Balaban J connectivity index is 2.67. The van der Waals surface area contributed by atoms with Crippen molar-refractivity contribution in [2.75, 3.05) is 26.4 Å². The van der Waals surface area contributed by atoms with Crippen LogP contribution in [-0.4, -0.2) is 40.8 Å². The monoisotopic (exact) mass is 433 g/mol. The summed E-state index contributed by atoms with van der Waals surface area (Å²) in [6.45, 7) is 2.08. The van der Waals surface area contributed by atoms with Crippen LogP contribution in [0, 0.1) is 0 Å². The van der Waals surface area contributed by atoms with Gasteiger partial charge in [-0.1, -0.05) is 39.1 Å². The second-order valence-electron chi connectivity index (χ2n) is 3.94. The molecule has 0 unspecified atom stereocenters. The van der Waals surface area contributed by atoms with Crippen LogP contribution in [0.4, 0.5) is 0 Å². The highest BCUT2D eigenvalue weighted by atomic mass is 79.9. The zero-order valence-electron chi connectivity index (χ0n) is 11.6. The number of benzene rings is 1. The first kappa shape index (κ1) is 19.7. The Labute approximate surface area is 147 Å². The molecule has 0 atom stereocenters. The van der Waals surface area contributed by atoms with Crippen LogP contribution in [0.25, 0.3) is 0 Å². The maximum Gasteiger partial charge on any atom is 0.321 e. The van der Waals surface area contributed by atoms with E-state index in [9.17, 15) is 13.2 Å². The molecule has 1 aromatic rings. The van der Waals surface area contributed by atoms with Crippen molar-refractivity contribution in [2.24, 2.45) is 0 Å². The second-order valence-corrected chi connectivity index (χ2v) is 7.37. The molecule has 10 heteroatoms. The molecule has 0 fully saturated rings. The van der Waals surface area contributed by atoms with Crippen molar-refractivity contribution >= 4 is 55.1 Å². The number of hydrogen-bond acceptors (Lipinski definition) is 5. The summed E-state index contributed by atoms with van der Waals surface area (Å²) in [5, 5.41) is -0.117. The molecular formula is C12H14BrCl2NO5S. The van der Waals surface area contributed by atoms with Crippen LogP contribution in [0.3, 0.4) is 0 Å². The van der Waals surface area contributed by atoms with Gasteiger partial charge >= 0.3 is 5.97 Å². The molecule has 0 spiro atoms. The summed E-state index contributed by atoms with van der Waals surface area (Å²) in [5.41, 5.74) is 0. The van der Waals surface area contributed by atoms with E-state index in [4.69, 9.17) is 32.7 Å². The van der Waals surface area contributed by atoms with Crippen LogP contribution < -0.4 is 4.72 Å². The molecule has 0 amide bonds. The third kappa shape index (κ3) is 6.02. The van der Waals surface area contributed by atoms with Crippen molar-refractivity contribution in [1.82, 2.24) is 4.72 Å². The van der Waals surface area contributed by atoms with Crippen LogP contribution in [-0.2, 0) is 24.3 Å². The third-order valence-corrected chi connectivity index (χ3v) is 5.11. The first-order valence-electron chi connectivity index (χ1n) is 6.15. The van der Waals surface area contributed by atoms with Gasteiger partial charge in [0, 0.05) is 11.1 Å². The quantitative estimate of drug-likeness (QED) is 0.502. The maximum atomic E-state index is 12.1. The summed E-state index contributed by atoms with van der Waals surface area (Å²) in [5.74, 6) is -0.729. The van der Waals surface area contributed by atoms with E-state index in [1.54, 1.807) is 0 Å². The average Bonchev–Trinajstić information content (AvgIpc) is 2.40. The summed E-state index contributed by atoms with van der Waals surface area (Å²) >= 11 is 14.9. The van der Waals surface area contributed by atoms with Gasteiger partial charge in [-0.15, -0.1) is 0 Å². The lowest BCUT2D eigenvalue weighted by molar-refractivity contribution is -0.143. The van der Waals surface area contributed by atoms with Crippen molar-refractivity contribution in [3.8, 4) is 0 Å².